The first-order chi connectivity index (χ1) is 4.02. The number of hydrogen-bond acceptors (Lipinski definition) is 3. The molecule has 3 heteroatoms. The number of hydrogen-bond donors (Lipinski definition) is 2. The van der Waals surface area contributed by atoms with Crippen molar-refractivity contribution in [2.75, 3.05) is 0 Å². The van der Waals surface area contributed by atoms with Crippen LogP contribution in [0.1, 0.15) is 13.8 Å². The minimum absolute atomic E-state index is 0.278. The van der Waals surface area contributed by atoms with Crippen LogP contribution in [0, 0.1) is 0 Å². The van der Waals surface area contributed by atoms with Gasteiger partial charge < -0.3 is 10.4 Å². The summed E-state index contributed by atoms with van der Waals surface area (Å²) in [7, 11) is 0. The first-order valence-electron chi connectivity index (χ1n) is 2.76. The molecule has 0 aliphatic carbocycles. The van der Waals surface area contributed by atoms with Crippen LogP contribution in [0.4, 0.5) is 0 Å². The van der Waals surface area contributed by atoms with Gasteiger partial charge in [-0.05, 0) is 13.8 Å². The van der Waals surface area contributed by atoms with Crippen LogP contribution < -0.4 is 5.32 Å². The lowest BCUT2D eigenvalue weighted by atomic mass is 10.2. The Kier molecular flexibility index (Phi) is 1.10. The van der Waals surface area contributed by atoms with Crippen molar-refractivity contribution in [3.63, 3.8) is 0 Å². The van der Waals surface area contributed by atoms with Crippen LogP contribution in [0.2, 0.25) is 0 Å². The van der Waals surface area contributed by atoms with Crippen molar-refractivity contribution >= 4 is 5.78 Å². The Hall–Kier alpha value is -0.830. The maximum atomic E-state index is 10.7. The van der Waals surface area contributed by atoms with Crippen molar-refractivity contribution in [1.82, 2.24) is 5.32 Å². The van der Waals surface area contributed by atoms with E-state index in [2.05, 4.69) is 5.32 Å². The third-order valence-corrected chi connectivity index (χ3v) is 1.27. The molecule has 0 aromatic carbocycles. The van der Waals surface area contributed by atoms with Crippen LogP contribution in [-0.2, 0) is 4.79 Å². The van der Waals surface area contributed by atoms with Crippen molar-refractivity contribution in [1.29, 1.82) is 0 Å². The molecule has 0 fully saturated rings. The maximum Gasteiger partial charge on any atom is 0.209 e. The minimum Gasteiger partial charge on any atom is -0.365 e. The highest BCUT2D eigenvalue weighted by molar-refractivity contribution is 5.99. The van der Waals surface area contributed by atoms with Gasteiger partial charge in [0.05, 0.1) is 0 Å². The minimum atomic E-state index is -1.36. The van der Waals surface area contributed by atoms with Crippen LogP contribution in [0.3, 0.4) is 0 Å². The average molecular weight is 127 g/mol. The Morgan fingerprint density at radius 3 is 2.44 bits per heavy atom. The lowest BCUT2D eigenvalue weighted by molar-refractivity contribution is -0.130. The van der Waals surface area contributed by atoms with Gasteiger partial charge in [0.1, 0.15) is 0 Å². The summed E-state index contributed by atoms with van der Waals surface area (Å²) in [6, 6.07) is 0. The Labute approximate surface area is 53.4 Å². The first-order valence-corrected chi connectivity index (χ1v) is 2.76. The Bertz CT molecular complexity index is 181. The predicted molar refractivity (Wildman–Crippen MR) is 32.5 cm³/mol. The average Bonchev–Trinajstić information content (AvgIpc) is 1.79. The van der Waals surface area contributed by atoms with Crippen LogP contribution in [-0.4, -0.2) is 16.6 Å². The topological polar surface area (TPSA) is 49.3 Å². The van der Waals surface area contributed by atoms with Gasteiger partial charge in [0.15, 0.2) is 5.72 Å². The van der Waals surface area contributed by atoms with Crippen molar-refractivity contribution in [2.45, 2.75) is 19.6 Å². The molecule has 1 aliphatic rings. The fraction of sp³-hybridized carbons (Fsp3) is 0.500. The number of aliphatic hydroxyl groups is 1. The van der Waals surface area contributed by atoms with E-state index in [1.807, 2.05) is 0 Å². The highest BCUT2D eigenvalue weighted by atomic mass is 16.3. The third kappa shape index (κ3) is 0.954. The molecule has 0 saturated carbocycles. The van der Waals surface area contributed by atoms with Gasteiger partial charge in [-0.2, -0.15) is 0 Å². The van der Waals surface area contributed by atoms with Gasteiger partial charge in [0.25, 0.3) is 0 Å². The molecule has 1 atom stereocenters. The number of rotatable bonds is 0. The molecular formula is C6H9NO2. The monoisotopic (exact) mass is 127 g/mol. The lowest BCUT2D eigenvalue weighted by Crippen LogP contribution is -2.42. The predicted octanol–water partition coefficient (Wildman–Crippen LogP) is -0.229. The lowest BCUT2D eigenvalue weighted by Gasteiger charge is -2.15. The number of ketones is 1. The Morgan fingerprint density at radius 1 is 1.78 bits per heavy atom. The van der Waals surface area contributed by atoms with Gasteiger partial charge >= 0.3 is 0 Å². The molecule has 2 N–H and O–H groups in total. The van der Waals surface area contributed by atoms with E-state index >= 15 is 0 Å². The van der Waals surface area contributed by atoms with E-state index in [4.69, 9.17) is 5.11 Å². The van der Waals surface area contributed by atoms with Gasteiger partial charge in [0.2, 0.25) is 5.78 Å². The summed E-state index contributed by atoms with van der Waals surface area (Å²) in [6.45, 7) is 3.17. The van der Waals surface area contributed by atoms with E-state index in [0.29, 0.717) is 5.70 Å². The zero-order chi connectivity index (χ0) is 7.07. The Balaban J connectivity index is 2.84. The smallest absolute Gasteiger partial charge is 0.209 e. The normalized spacial score (nSPS) is 34.1. The van der Waals surface area contributed by atoms with E-state index in [9.17, 15) is 4.79 Å². The van der Waals surface area contributed by atoms with Crippen molar-refractivity contribution in [3.8, 4) is 0 Å². The summed E-state index contributed by atoms with van der Waals surface area (Å²) < 4.78 is 0. The van der Waals surface area contributed by atoms with Crippen LogP contribution in [0.5, 0.6) is 0 Å². The SMILES string of the molecule is CC1=CC(=O)C(C)(O)N1. The highest BCUT2D eigenvalue weighted by Gasteiger charge is 2.32. The number of nitrogens with one attached hydrogen (secondary N) is 1. The molecule has 1 rings (SSSR count). The summed E-state index contributed by atoms with van der Waals surface area (Å²) >= 11 is 0. The summed E-state index contributed by atoms with van der Waals surface area (Å²) in [5.74, 6) is -0.278. The van der Waals surface area contributed by atoms with Crippen LogP contribution in [0.25, 0.3) is 0 Å². The zero-order valence-electron chi connectivity index (χ0n) is 5.43. The summed E-state index contributed by atoms with van der Waals surface area (Å²) in [6.07, 6.45) is 1.39. The molecule has 0 radical (unpaired) electrons. The number of allylic oxidation sites excluding steroid dienone is 1. The van der Waals surface area contributed by atoms with Crippen molar-refractivity contribution in [3.05, 3.63) is 11.8 Å². The number of carbonyl (C=O) groups excluding carboxylic acids is 1. The molecule has 0 bridgehead atoms. The van der Waals surface area contributed by atoms with E-state index in [1.165, 1.54) is 13.0 Å². The second-order valence-electron chi connectivity index (χ2n) is 2.39. The van der Waals surface area contributed by atoms with Gasteiger partial charge in [-0.1, -0.05) is 0 Å². The fourth-order valence-corrected chi connectivity index (χ4v) is 0.819. The third-order valence-electron chi connectivity index (χ3n) is 1.27. The van der Waals surface area contributed by atoms with Crippen molar-refractivity contribution < 1.29 is 9.90 Å². The van der Waals surface area contributed by atoms with Gasteiger partial charge in [0, 0.05) is 11.8 Å². The summed E-state index contributed by atoms with van der Waals surface area (Å²) in [4.78, 5) is 10.7. The maximum absolute atomic E-state index is 10.7. The molecule has 0 aromatic heterocycles. The molecule has 3 nitrogen and oxygen atoms in total. The molecule has 1 heterocycles. The van der Waals surface area contributed by atoms with E-state index in [-0.39, 0.29) is 5.78 Å². The van der Waals surface area contributed by atoms with Gasteiger partial charge in [-0.25, -0.2) is 0 Å². The van der Waals surface area contributed by atoms with Crippen LogP contribution >= 0.6 is 0 Å². The second-order valence-corrected chi connectivity index (χ2v) is 2.39. The van der Waals surface area contributed by atoms with Gasteiger partial charge in [-0.3, -0.25) is 4.79 Å². The van der Waals surface area contributed by atoms with Crippen molar-refractivity contribution in [2.24, 2.45) is 0 Å². The second kappa shape index (κ2) is 1.57. The molecule has 50 valence electrons. The quantitative estimate of drug-likeness (QED) is 0.472. The molecule has 1 unspecified atom stereocenters. The molecular weight excluding hydrogens is 118 g/mol. The zero-order valence-corrected chi connectivity index (χ0v) is 5.43. The molecule has 0 saturated heterocycles. The molecule has 0 amide bonds. The molecule has 9 heavy (non-hydrogen) atoms. The standard InChI is InChI=1S/C6H9NO2/c1-4-3-5(8)6(2,9)7-4/h3,7,9H,1-2H3. The highest BCUT2D eigenvalue weighted by Crippen LogP contribution is 2.12. The summed E-state index contributed by atoms with van der Waals surface area (Å²) in [5.41, 5.74) is -0.644. The molecule has 0 spiro atoms. The Morgan fingerprint density at radius 2 is 2.33 bits per heavy atom. The fourth-order valence-electron chi connectivity index (χ4n) is 0.819. The molecule has 0 aromatic rings. The van der Waals surface area contributed by atoms with E-state index < -0.39 is 5.72 Å². The van der Waals surface area contributed by atoms with Crippen LogP contribution in [0.15, 0.2) is 11.8 Å². The number of carbonyl (C=O) groups is 1. The van der Waals surface area contributed by atoms with E-state index in [0.717, 1.165) is 0 Å². The van der Waals surface area contributed by atoms with E-state index in [1.54, 1.807) is 6.92 Å². The molecule has 1 aliphatic heterocycles. The summed E-state index contributed by atoms with van der Waals surface area (Å²) in [5, 5.41) is 11.7. The van der Waals surface area contributed by atoms with Gasteiger partial charge in [-0.15, -0.1) is 0 Å². The largest absolute Gasteiger partial charge is 0.365 e. The first kappa shape index (κ1) is 6.29.